The monoisotopic (exact) mass is 276 g/mol. The molecule has 0 radical (unpaired) electrons. The summed E-state index contributed by atoms with van der Waals surface area (Å²) in [6.07, 6.45) is 1.64. The lowest BCUT2D eigenvalue weighted by molar-refractivity contribution is 0.0479. The van der Waals surface area contributed by atoms with Gasteiger partial charge in [-0.25, -0.2) is 4.79 Å². The van der Waals surface area contributed by atoms with E-state index in [1.807, 2.05) is 0 Å². The molecule has 7 nitrogen and oxygen atoms in total. The van der Waals surface area contributed by atoms with E-state index in [9.17, 15) is 9.59 Å². The SMILES string of the molecule is Cc1nn(C)c(C(=O)OCCn2ccccc2=O)c1N. The maximum atomic E-state index is 11.9. The van der Waals surface area contributed by atoms with Crippen LogP contribution in [0.2, 0.25) is 0 Å². The Morgan fingerprint density at radius 1 is 1.45 bits per heavy atom. The minimum atomic E-state index is -0.547. The lowest BCUT2D eigenvalue weighted by Crippen LogP contribution is -2.22. The van der Waals surface area contributed by atoms with Crippen LogP contribution < -0.4 is 11.3 Å². The number of aryl methyl sites for hydroxylation is 2. The van der Waals surface area contributed by atoms with Crippen LogP contribution in [0.1, 0.15) is 16.2 Å². The van der Waals surface area contributed by atoms with Gasteiger partial charge in [-0.15, -0.1) is 0 Å². The van der Waals surface area contributed by atoms with Crippen LogP contribution in [0, 0.1) is 6.92 Å². The van der Waals surface area contributed by atoms with Crippen LogP contribution >= 0.6 is 0 Å². The van der Waals surface area contributed by atoms with E-state index < -0.39 is 5.97 Å². The Labute approximate surface area is 115 Å². The van der Waals surface area contributed by atoms with Crippen molar-refractivity contribution < 1.29 is 9.53 Å². The van der Waals surface area contributed by atoms with E-state index >= 15 is 0 Å². The fourth-order valence-corrected chi connectivity index (χ4v) is 1.87. The van der Waals surface area contributed by atoms with Gasteiger partial charge in [0.15, 0.2) is 5.69 Å². The van der Waals surface area contributed by atoms with Gasteiger partial charge in [0.1, 0.15) is 6.61 Å². The summed E-state index contributed by atoms with van der Waals surface area (Å²) in [5.74, 6) is -0.547. The van der Waals surface area contributed by atoms with Gasteiger partial charge in [-0.1, -0.05) is 6.07 Å². The number of anilines is 1. The molecule has 0 aromatic carbocycles. The summed E-state index contributed by atoms with van der Waals surface area (Å²) in [6, 6.07) is 4.85. The van der Waals surface area contributed by atoms with Gasteiger partial charge in [0.2, 0.25) is 0 Å². The number of esters is 1. The number of hydrogen-bond acceptors (Lipinski definition) is 5. The van der Waals surface area contributed by atoms with Crippen LogP contribution in [-0.4, -0.2) is 26.9 Å². The van der Waals surface area contributed by atoms with E-state index in [2.05, 4.69) is 5.10 Å². The molecule has 0 fully saturated rings. The zero-order chi connectivity index (χ0) is 14.7. The highest BCUT2D eigenvalue weighted by atomic mass is 16.5. The Bertz CT molecular complexity index is 687. The first-order valence-electron chi connectivity index (χ1n) is 6.12. The van der Waals surface area contributed by atoms with Crippen molar-refractivity contribution in [2.75, 3.05) is 12.3 Å². The second-order valence-electron chi connectivity index (χ2n) is 4.34. The van der Waals surface area contributed by atoms with Crippen LogP contribution in [0.5, 0.6) is 0 Å². The van der Waals surface area contributed by atoms with Crippen LogP contribution in [0.25, 0.3) is 0 Å². The molecule has 0 bridgehead atoms. The molecule has 0 aliphatic rings. The maximum Gasteiger partial charge on any atom is 0.358 e. The van der Waals surface area contributed by atoms with Gasteiger partial charge < -0.3 is 15.0 Å². The van der Waals surface area contributed by atoms with Gasteiger partial charge in [0.05, 0.1) is 17.9 Å². The molecule has 20 heavy (non-hydrogen) atoms. The van der Waals surface area contributed by atoms with E-state index in [1.54, 1.807) is 32.3 Å². The molecule has 0 aliphatic heterocycles. The standard InChI is InChI=1S/C13H16N4O3/c1-9-11(14)12(16(2)15-9)13(19)20-8-7-17-6-4-3-5-10(17)18/h3-6H,7-8,14H2,1-2H3. The van der Waals surface area contributed by atoms with E-state index in [0.717, 1.165) is 0 Å². The number of pyridine rings is 1. The third kappa shape index (κ3) is 2.71. The summed E-state index contributed by atoms with van der Waals surface area (Å²) in [7, 11) is 1.63. The zero-order valence-corrected chi connectivity index (χ0v) is 11.4. The Hall–Kier alpha value is -2.57. The molecule has 0 unspecified atom stereocenters. The van der Waals surface area contributed by atoms with Gasteiger partial charge in [-0.3, -0.25) is 9.48 Å². The molecular weight excluding hydrogens is 260 g/mol. The van der Waals surface area contributed by atoms with Gasteiger partial charge >= 0.3 is 5.97 Å². The fraction of sp³-hybridized carbons (Fsp3) is 0.308. The number of carbonyl (C=O) groups is 1. The van der Waals surface area contributed by atoms with Gasteiger partial charge in [-0.05, 0) is 13.0 Å². The summed E-state index contributed by atoms with van der Waals surface area (Å²) >= 11 is 0. The normalized spacial score (nSPS) is 10.5. The largest absolute Gasteiger partial charge is 0.459 e. The number of nitrogen functional groups attached to an aromatic ring is 1. The summed E-state index contributed by atoms with van der Waals surface area (Å²) in [5, 5.41) is 4.05. The molecule has 2 N–H and O–H groups in total. The molecule has 2 aromatic rings. The summed E-state index contributed by atoms with van der Waals surface area (Å²) in [4.78, 5) is 23.4. The number of aromatic nitrogens is 3. The predicted molar refractivity (Wildman–Crippen MR) is 73.3 cm³/mol. The molecule has 0 amide bonds. The average Bonchev–Trinajstić information content (AvgIpc) is 2.65. The molecule has 2 aromatic heterocycles. The number of nitrogens with zero attached hydrogens (tertiary/aromatic N) is 3. The van der Waals surface area contributed by atoms with Crippen molar-refractivity contribution in [3.63, 3.8) is 0 Å². The lowest BCUT2D eigenvalue weighted by atomic mass is 10.3. The quantitative estimate of drug-likeness (QED) is 0.812. The third-order valence-corrected chi connectivity index (χ3v) is 2.93. The average molecular weight is 276 g/mol. The van der Waals surface area contributed by atoms with Crippen LogP contribution in [0.15, 0.2) is 29.2 Å². The van der Waals surface area contributed by atoms with E-state index in [-0.39, 0.29) is 17.9 Å². The molecule has 2 heterocycles. The zero-order valence-electron chi connectivity index (χ0n) is 11.4. The molecule has 0 saturated heterocycles. The molecule has 106 valence electrons. The molecule has 2 rings (SSSR count). The summed E-state index contributed by atoms with van der Waals surface area (Å²) in [5.41, 5.74) is 6.75. The highest BCUT2D eigenvalue weighted by molar-refractivity contribution is 5.93. The number of ether oxygens (including phenoxy) is 1. The van der Waals surface area contributed by atoms with Crippen LogP contribution in [-0.2, 0) is 18.3 Å². The molecule has 7 heteroatoms. The van der Waals surface area contributed by atoms with Crippen LogP contribution in [0.3, 0.4) is 0 Å². The maximum absolute atomic E-state index is 11.9. The van der Waals surface area contributed by atoms with Crippen molar-refractivity contribution in [3.8, 4) is 0 Å². The second-order valence-corrected chi connectivity index (χ2v) is 4.34. The second kappa shape index (κ2) is 5.60. The minimum Gasteiger partial charge on any atom is -0.459 e. The Morgan fingerprint density at radius 3 is 2.80 bits per heavy atom. The minimum absolute atomic E-state index is 0.0897. The van der Waals surface area contributed by atoms with Crippen molar-refractivity contribution in [3.05, 3.63) is 46.1 Å². The number of hydrogen-bond donors (Lipinski definition) is 1. The highest BCUT2D eigenvalue weighted by Crippen LogP contribution is 2.16. The van der Waals surface area contributed by atoms with E-state index in [0.29, 0.717) is 17.9 Å². The Kier molecular flexibility index (Phi) is 3.88. The topological polar surface area (TPSA) is 92.1 Å². The van der Waals surface area contributed by atoms with Crippen LogP contribution in [0.4, 0.5) is 5.69 Å². The predicted octanol–water partition coefficient (Wildman–Crippen LogP) is 0.329. The molecular formula is C13H16N4O3. The van der Waals surface area contributed by atoms with E-state index in [1.165, 1.54) is 15.3 Å². The molecule has 0 saturated carbocycles. The molecule has 0 spiro atoms. The van der Waals surface area contributed by atoms with Crippen molar-refractivity contribution in [2.24, 2.45) is 7.05 Å². The Balaban J connectivity index is 2.00. The first-order valence-corrected chi connectivity index (χ1v) is 6.12. The van der Waals surface area contributed by atoms with Crippen molar-refractivity contribution in [1.82, 2.24) is 14.3 Å². The highest BCUT2D eigenvalue weighted by Gasteiger charge is 2.19. The van der Waals surface area contributed by atoms with Crippen molar-refractivity contribution in [2.45, 2.75) is 13.5 Å². The van der Waals surface area contributed by atoms with Gasteiger partial charge in [0, 0.05) is 19.3 Å². The van der Waals surface area contributed by atoms with Gasteiger partial charge in [0.25, 0.3) is 5.56 Å². The lowest BCUT2D eigenvalue weighted by Gasteiger charge is -2.07. The number of nitrogens with two attached hydrogens (primary N) is 1. The number of carbonyl (C=O) groups excluding carboxylic acids is 1. The fourth-order valence-electron chi connectivity index (χ4n) is 1.87. The van der Waals surface area contributed by atoms with Crippen molar-refractivity contribution >= 4 is 11.7 Å². The molecule has 0 atom stereocenters. The molecule has 0 aliphatic carbocycles. The summed E-state index contributed by atoms with van der Waals surface area (Å²) in [6.45, 7) is 2.10. The van der Waals surface area contributed by atoms with E-state index in [4.69, 9.17) is 10.5 Å². The summed E-state index contributed by atoms with van der Waals surface area (Å²) < 4.78 is 7.98. The van der Waals surface area contributed by atoms with Gasteiger partial charge in [-0.2, -0.15) is 5.10 Å². The number of rotatable bonds is 4. The Morgan fingerprint density at radius 2 is 2.20 bits per heavy atom. The third-order valence-electron chi connectivity index (χ3n) is 2.93. The van der Waals surface area contributed by atoms with Crippen molar-refractivity contribution in [1.29, 1.82) is 0 Å². The first kappa shape index (κ1) is 13.9. The first-order chi connectivity index (χ1) is 9.50. The smallest absolute Gasteiger partial charge is 0.358 e.